The van der Waals surface area contributed by atoms with Gasteiger partial charge >= 0.3 is 5.97 Å². The maximum Gasteiger partial charge on any atom is 0.338 e. The average molecular weight is 565 g/mol. The highest BCUT2D eigenvalue weighted by Crippen LogP contribution is 2.34. The van der Waals surface area contributed by atoms with Gasteiger partial charge in [0.05, 0.1) is 25.3 Å². The molecule has 0 aliphatic carbocycles. The van der Waals surface area contributed by atoms with Crippen LogP contribution in [0.3, 0.4) is 0 Å². The van der Waals surface area contributed by atoms with Crippen LogP contribution >= 0.6 is 0 Å². The van der Waals surface area contributed by atoms with Crippen molar-refractivity contribution in [1.82, 2.24) is 14.5 Å². The van der Waals surface area contributed by atoms with Crippen LogP contribution in [-0.4, -0.2) is 45.7 Å². The van der Waals surface area contributed by atoms with Gasteiger partial charge in [0, 0.05) is 18.7 Å². The predicted octanol–water partition coefficient (Wildman–Crippen LogP) is 5.53. The Hall–Kier alpha value is -4.56. The van der Waals surface area contributed by atoms with Gasteiger partial charge in [0.1, 0.15) is 40.6 Å². The highest BCUT2D eigenvalue weighted by molar-refractivity contribution is 5.96. The van der Waals surface area contributed by atoms with E-state index in [1.807, 2.05) is 6.07 Å². The number of imidazole rings is 1. The molecule has 3 aromatic carbocycles. The fraction of sp³-hybridized carbons (Fsp3) is 0.300. The molecular weight excluding hydrogens is 537 g/mol. The zero-order valence-corrected chi connectivity index (χ0v) is 22.5. The Kier molecular flexibility index (Phi) is 7.85. The van der Waals surface area contributed by atoms with Crippen LogP contribution in [0.15, 0.2) is 42.5 Å². The summed E-state index contributed by atoms with van der Waals surface area (Å²) in [6.07, 6.45) is 1.56. The number of nitrogens with zero attached hydrogens (tertiary/aromatic N) is 4. The van der Waals surface area contributed by atoms with Gasteiger partial charge in [0.15, 0.2) is 17.4 Å². The molecule has 1 fully saturated rings. The minimum Gasteiger partial charge on any atom is -0.494 e. The minimum atomic E-state index is -1.39. The van der Waals surface area contributed by atoms with E-state index < -0.39 is 29.0 Å². The molecule has 0 saturated carbocycles. The Morgan fingerprint density at radius 3 is 2.51 bits per heavy atom. The summed E-state index contributed by atoms with van der Waals surface area (Å²) >= 11 is 0. The Morgan fingerprint density at radius 2 is 1.85 bits per heavy atom. The van der Waals surface area contributed by atoms with Gasteiger partial charge in [-0.25, -0.2) is 22.9 Å². The second-order valence-corrected chi connectivity index (χ2v) is 9.98. The molecule has 41 heavy (non-hydrogen) atoms. The second kappa shape index (κ2) is 11.5. The number of hydrogen-bond donors (Lipinski definition) is 1. The fourth-order valence-electron chi connectivity index (χ4n) is 5.21. The van der Waals surface area contributed by atoms with Crippen molar-refractivity contribution in [2.45, 2.75) is 31.9 Å². The Labute approximate surface area is 234 Å². The van der Waals surface area contributed by atoms with Crippen molar-refractivity contribution in [3.63, 3.8) is 0 Å². The molecule has 1 aromatic heterocycles. The third-order valence-electron chi connectivity index (χ3n) is 7.54. The molecule has 212 valence electrons. The normalized spacial score (nSPS) is 14.2. The number of ether oxygens (including phenoxy) is 2. The van der Waals surface area contributed by atoms with Gasteiger partial charge in [-0.2, -0.15) is 5.26 Å². The summed E-state index contributed by atoms with van der Waals surface area (Å²) in [7, 11) is 3.03. The van der Waals surface area contributed by atoms with Gasteiger partial charge in [-0.3, -0.25) is 4.90 Å². The average Bonchev–Trinajstić information content (AvgIpc) is 3.29. The van der Waals surface area contributed by atoms with Crippen molar-refractivity contribution in [3.8, 4) is 17.6 Å². The summed E-state index contributed by atoms with van der Waals surface area (Å²) in [6.45, 7) is 1.67. The van der Waals surface area contributed by atoms with Crippen LogP contribution in [0, 0.1) is 28.8 Å². The molecule has 0 unspecified atom stereocenters. The molecule has 4 aromatic rings. The van der Waals surface area contributed by atoms with E-state index in [1.54, 1.807) is 23.7 Å². The number of fused-ring (bicyclic) bond motifs is 1. The molecule has 5 rings (SSSR count). The van der Waals surface area contributed by atoms with Crippen LogP contribution in [0.1, 0.15) is 51.6 Å². The van der Waals surface area contributed by atoms with Crippen molar-refractivity contribution in [1.29, 1.82) is 5.26 Å². The topological polar surface area (TPSA) is 101 Å². The molecule has 1 N–H and O–H groups in total. The number of aromatic carboxylic acids is 1. The van der Waals surface area contributed by atoms with E-state index in [4.69, 9.17) is 14.7 Å². The van der Waals surface area contributed by atoms with E-state index in [0.29, 0.717) is 25.5 Å². The number of likely N-dealkylation sites (tertiary alicyclic amines) is 1. The molecule has 0 amide bonds. The number of aryl methyl sites for hydroxylation is 1. The number of halogens is 3. The Morgan fingerprint density at radius 1 is 1.10 bits per heavy atom. The van der Waals surface area contributed by atoms with Crippen LogP contribution in [0.5, 0.6) is 11.5 Å². The van der Waals surface area contributed by atoms with Gasteiger partial charge in [-0.15, -0.1) is 0 Å². The van der Waals surface area contributed by atoms with E-state index in [1.165, 1.54) is 25.3 Å². The van der Waals surface area contributed by atoms with Crippen LogP contribution in [0.4, 0.5) is 13.2 Å². The van der Waals surface area contributed by atoms with E-state index in [2.05, 4.69) is 9.88 Å². The van der Waals surface area contributed by atoms with Crippen LogP contribution in [-0.2, 0) is 20.2 Å². The maximum atomic E-state index is 15.0. The van der Waals surface area contributed by atoms with Gasteiger partial charge in [-0.1, -0.05) is 12.1 Å². The maximum absolute atomic E-state index is 15.0. The van der Waals surface area contributed by atoms with E-state index in [-0.39, 0.29) is 46.2 Å². The van der Waals surface area contributed by atoms with Crippen molar-refractivity contribution in [2.24, 2.45) is 7.05 Å². The summed E-state index contributed by atoms with van der Waals surface area (Å²) in [5, 5.41) is 18.3. The largest absolute Gasteiger partial charge is 0.494 e. The van der Waals surface area contributed by atoms with Gasteiger partial charge in [-0.05, 0) is 61.7 Å². The van der Waals surface area contributed by atoms with Crippen molar-refractivity contribution in [3.05, 3.63) is 88.0 Å². The number of benzene rings is 3. The number of carboxylic acid groups (broad SMARTS) is 1. The first kappa shape index (κ1) is 28.0. The molecule has 0 atom stereocenters. The quantitative estimate of drug-likeness (QED) is 0.301. The lowest BCUT2D eigenvalue weighted by atomic mass is 9.89. The smallest absolute Gasteiger partial charge is 0.338 e. The Balaban J connectivity index is 1.26. The monoisotopic (exact) mass is 564 g/mol. The first-order valence-corrected chi connectivity index (χ1v) is 13.0. The van der Waals surface area contributed by atoms with E-state index in [9.17, 15) is 18.7 Å². The lowest BCUT2D eigenvalue weighted by molar-refractivity contribution is 0.0691. The van der Waals surface area contributed by atoms with Crippen molar-refractivity contribution >= 4 is 17.0 Å². The minimum absolute atomic E-state index is 0.0325. The van der Waals surface area contributed by atoms with Crippen LogP contribution in [0.2, 0.25) is 0 Å². The van der Waals surface area contributed by atoms with E-state index in [0.717, 1.165) is 30.5 Å². The SMILES string of the molecule is COc1cc(C(=O)O)c(F)c2c1nc(CN1CCC(c3ccc(F)c(OCc4ccc(C#N)cc4F)c3)CC1)n2C. The number of hydrogen-bond acceptors (Lipinski definition) is 6. The fourth-order valence-corrected chi connectivity index (χ4v) is 5.21. The number of carbonyl (C=O) groups is 1. The summed E-state index contributed by atoms with van der Waals surface area (Å²) < 4.78 is 56.2. The first-order chi connectivity index (χ1) is 19.7. The summed E-state index contributed by atoms with van der Waals surface area (Å²) in [5.74, 6) is -2.43. The van der Waals surface area contributed by atoms with Gasteiger partial charge in [0.25, 0.3) is 0 Å². The second-order valence-electron chi connectivity index (χ2n) is 9.98. The molecule has 2 heterocycles. The van der Waals surface area contributed by atoms with Crippen LogP contribution in [0.25, 0.3) is 11.0 Å². The number of nitriles is 1. The van der Waals surface area contributed by atoms with Crippen LogP contribution < -0.4 is 9.47 Å². The number of rotatable bonds is 8. The van der Waals surface area contributed by atoms with Crippen molar-refractivity contribution in [2.75, 3.05) is 20.2 Å². The molecule has 0 bridgehead atoms. The van der Waals surface area contributed by atoms with Crippen molar-refractivity contribution < 1.29 is 32.5 Å². The molecule has 0 spiro atoms. The molecule has 11 heteroatoms. The summed E-state index contributed by atoms with van der Waals surface area (Å²) in [5.41, 5.74) is 1.20. The molecule has 1 saturated heterocycles. The molecule has 8 nitrogen and oxygen atoms in total. The lowest BCUT2D eigenvalue weighted by Crippen LogP contribution is -2.33. The van der Waals surface area contributed by atoms with Gasteiger partial charge in [0.2, 0.25) is 0 Å². The molecule has 1 aliphatic rings. The number of piperidine rings is 1. The number of methoxy groups -OCH3 is 1. The predicted molar refractivity (Wildman–Crippen MR) is 143 cm³/mol. The summed E-state index contributed by atoms with van der Waals surface area (Å²) in [6, 6.07) is 11.8. The Bertz CT molecular complexity index is 1670. The summed E-state index contributed by atoms with van der Waals surface area (Å²) in [4.78, 5) is 18.2. The number of carboxylic acids is 1. The third-order valence-corrected chi connectivity index (χ3v) is 7.54. The lowest BCUT2D eigenvalue weighted by Gasteiger charge is -2.32. The van der Waals surface area contributed by atoms with E-state index >= 15 is 4.39 Å². The molecule has 0 radical (unpaired) electrons. The van der Waals surface area contributed by atoms with Gasteiger partial charge < -0.3 is 19.1 Å². The standard InChI is InChI=1S/C30H27F3N4O4/c1-36-26(35-28-25(40-2)13-21(30(38)39)27(33)29(28)36)15-37-9-7-18(8-10-37)19-5-6-22(31)24(12-19)41-16-20-4-3-17(14-34)11-23(20)32/h3-6,11-13,18H,7-10,15-16H2,1-2H3,(H,38,39). The first-order valence-electron chi connectivity index (χ1n) is 13.0. The zero-order valence-electron chi connectivity index (χ0n) is 22.5. The zero-order chi connectivity index (χ0) is 29.3. The highest BCUT2D eigenvalue weighted by Gasteiger charge is 2.26. The third kappa shape index (κ3) is 5.56. The highest BCUT2D eigenvalue weighted by atomic mass is 19.1. The number of aromatic nitrogens is 2. The molecular formula is C30H27F3N4O4. The molecule has 1 aliphatic heterocycles.